The Labute approximate surface area is 105 Å². The Morgan fingerprint density at radius 2 is 2.24 bits per heavy atom. The largest absolute Gasteiger partial charge is 0.495 e. The molecular weight excluding hydrogens is 240 g/mol. The van der Waals surface area contributed by atoms with Gasteiger partial charge in [0.05, 0.1) is 12.8 Å². The van der Waals surface area contributed by atoms with Gasteiger partial charge >= 0.3 is 0 Å². The molecule has 0 spiro atoms. The van der Waals surface area contributed by atoms with Crippen molar-refractivity contribution >= 4 is 23.2 Å². The zero-order valence-electron chi connectivity index (χ0n) is 9.87. The zero-order chi connectivity index (χ0) is 12.6. The minimum absolute atomic E-state index is 0.0255. The van der Waals surface area contributed by atoms with E-state index in [0.29, 0.717) is 23.7 Å². The molecule has 1 unspecified atom stereocenters. The number of ether oxygens (including phenoxy) is 1. The standard InChI is InChI=1S/C12H15ClN2O2/c1-7-3-10(11(17-2)5-9(7)13)15-6-8(14)4-12(15)16/h3,5,8H,4,6,14H2,1-2H3. The van der Waals surface area contributed by atoms with Gasteiger partial charge in [-0.25, -0.2) is 0 Å². The molecule has 1 aromatic rings. The highest BCUT2D eigenvalue weighted by molar-refractivity contribution is 6.31. The van der Waals surface area contributed by atoms with Gasteiger partial charge in [0, 0.05) is 30.1 Å². The molecule has 17 heavy (non-hydrogen) atoms. The lowest BCUT2D eigenvalue weighted by atomic mass is 10.2. The molecule has 1 heterocycles. The number of hydrogen-bond donors (Lipinski definition) is 1. The SMILES string of the molecule is COc1cc(Cl)c(C)cc1N1CC(N)CC1=O. The molecule has 1 aliphatic heterocycles. The van der Waals surface area contributed by atoms with Gasteiger partial charge in [0.1, 0.15) is 5.75 Å². The summed E-state index contributed by atoms with van der Waals surface area (Å²) in [6.45, 7) is 2.42. The number of halogens is 1. The van der Waals surface area contributed by atoms with Crippen molar-refractivity contribution in [2.75, 3.05) is 18.6 Å². The van der Waals surface area contributed by atoms with E-state index in [0.717, 1.165) is 11.3 Å². The number of rotatable bonds is 2. The summed E-state index contributed by atoms with van der Waals surface area (Å²) in [4.78, 5) is 13.5. The average Bonchev–Trinajstić information content (AvgIpc) is 2.61. The third kappa shape index (κ3) is 2.23. The lowest BCUT2D eigenvalue weighted by Gasteiger charge is -2.20. The summed E-state index contributed by atoms with van der Waals surface area (Å²) in [6.07, 6.45) is 0.380. The fraction of sp³-hybridized carbons (Fsp3) is 0.417. The highest BCUT2D eigenvalue weighted by Gasteiger charge is 2.30. The van der Waals surface area contributed by atoms with Crippen LogP contribution in [0.4, 0.5) is 5.69 Å². The second kappa shape index (κ2) is 4.55. The quantitative estimate of drug-likeness (QED) is 0.874. The Morgan fingerprint density at radius 1 is 1.53 bits per heavy atom. The lowest BCUT2D eigenvalue weighted by molar-refractivity contribution is -0.117. The molecule has 1 amide bonds. The van der Waals surface area contributed by atoms with Crippen molar-refractivity contribution in [3.05, 3.63) is 22.7 Å². The van der Waals surface area contributed by atoms with E-state index in [2.05, 4.69) is 0 Å². The first kappa shape index (κ1) is 12.2. The van der Waals surface area contributed by atoms with E-state index in [1.54, 1.807) is 18.1 Å². The van der Waals surface area contributed by atoms with Gasteiger partial charge in [-0.3, -0.25) is 4.79 Å². The van der Waals surface area contributed by atoms with Crippen LogP contribution in [0.3, 0.4) is 0 Å². The molecule has 1 aliphatic rings. The summed E-state index contributed by atoms with van der Waals surface area (Å²) in [5.41, 5.74) is 7.44. The monoisotopic (exact) mass is 254 g/mol. The van der Waals surface area contributed by atoms with E-state index < -0.39 is 0 Å². The van der Waals surface area contributed by atoms with E-state index in [1.165, 1.54) is 0 Å². The number of nitrogens with two attached hydrogens (primary N) is 1. The summed E-state index contributed by atoms with van der Waals surface area (Å²) in [6, 6.07) is 3.48. The molecule has 92 valence electrons. The van der Waals surface area contributed by atoms with Crippen molar-refractivity contribution in [2.24, 2.45) is 5.73 Å². The third-order valence-electron chi connectivity index (χ3n) is 2.91. The summed E-state index contributed by atoms with van der Waals surface area (Å²) in [5, 5.41) is 0.626. The van der Waals surface area contributed by atoms with E-state index in [9.17, 15) is 4.79 Å². The summed E-state index contributed by atoms with van der Waals surface area (Å²) < 4.78 is 5.26. The molecule has 1 fully saturated rings. The van der Waals surface area contributed by atoms with Crippen LogP contribution in [0, 0.1) is 6.92 Å². The second-order valence-electron chi connectivity index (χ2n) is 4.24. The number of methoxy groups -OCH3 is 1. The maximum atomic E-state index is 11.8. The molecule has 0 radical (unpaired) electrons. The maximum Gasteiger partial charge on any atom is 0.228 e. The Hall–Kier alpha value is -1.26. The number of carbonyl (C=O) groups is 1. The number of amides is 1. The Balaban J connectivity index is 2.44. The number of carbonyl (C=O) groups excluding carboxylic acids is 1. The molecule has 0 aromatic heterocycles. The average molecular weight is 255 g/mol. The minimum Gasteiger partial charge on any atom is -0.495 e. The highest BCUT2D eigenvalue weighted by atomic mass is 35.5. The number of benzene rings is 1. The van der Waals surface area contributed by atoms with Crippen molar-refractivity contribution in [1.29, 1.82) is 0 Å². The molecule has 2 N–H and O–H groups in total. The smallest absolute Gasteiger partial charge is 0.228 e. The molecular formula is C12H15ClN2O2. The van der Waals surface area contributed by atoms with E-state index >= 15 is 0 Å². The first-order valence-corrected chi connectivity index (χ1v) is 5.80. The third-order valence-corrected chi connectivity index (χ3v) is 3.31. The Bertz CT molecular complexity index is 462. The van der Waals surface area contributed by atoms with Crippen molar-refractivity contribution in [3.63, 3.8) is 0 Å². The van der Waals surface area contributed by atoms with Gasteiger partial charge in [0.15, 0.2) is 0 Å². The van der Waals surface area contributed by atoms with Crippen LogP contribution >= 0.6 is 11.6 Å². The summed E-state index contributed by atoms with van der Waals surface area (Å²) in [5.74, 6) is 0.626. The molecule has 2 rings (SSSR count). The van der Waals surface area contributed by atoms with Gasteiger partial charge in [0.2, 0.25) is 5.91 Å². The zero-order valence-corrected chi connectivity index (χ0v) is 10.6. The van der Waals surface area contributed by atoms with Crippen molar-refractivity contribution < 1.29 is 9.53 Å². The normalized spacial score (nSPS) is 19.9. The Morgan fingerprint density at radius 3 is 2.76 bits per heavy atom. The van der Waals surface area contributed by atoms with Gasteiger partial charge in [0.25, 0.3) is 0 Å². The van der Waals surface area contributed by atoms with Crippen molar-refractivity contribution in [2.45, 2.75) is 19.4 Å². The predicted molar refractivity (Wildman–Crippen MR) is 67.7 cm³/mol. The molecule has 4 nitrogen and oxygen atoms in total. The molecule has 0 bridgehead atoms. The molecule has 0 aliphatic carbocycles. The predicted octanol–water partition coefficient (Wildman–Crippen LogP) is 1.72. The maximum absolute atomic E-state index is 11.8. The molecule has 0 saturated carbocycles. The fourth-order valence-electron chi connectivity index (χ4n) is 1.99. The lowest BCUT2D eigenvalue weighted by Crippen LogP contribution is -2.28. The number of hydrogen-bond acceptors (Lipinski definition) is 3. The molecule has 1 saturated heterocycles. The number of anilines is 1. The van der Waals surface area contributed by atoms with E-state index in [1.807, 2.05) is 13.0 Å². The molecule has 5 heteroatoms. The van der Waals surface area contributed by atoms with Crippen LogP contribution in [-0.4, -0.2) is 25.6 Å². The summed E-state index contributed by atoms with van der Waals surface area (Å²) >= 11 is 6.03. The van der Waals surface area contributed by atoms with Crippen LogP contribution in [-0.2, 0) is 4.79 Å². The van der Waals surface area contributed by atoms with Crippen LogP contribution in [0.1, 0.15) is 12.0 Å². The summed E-state index contributed by atoms with van der Waals surface area (Å²) in [7, 11) is 1.56. The van der Waals surface area contributed by atoms with Crippen LogP contribution < -0.4 is 15.4 Å². The van der Waals surface area contributed by atoms with Crippen molar-refractivity contribution in [3.8, 4) is 5.75 Å². The minimum atomic E-state index is -0.108. The Kier molecular flexibility index (Phi) is 3.26. The first-order chi connectivity index (χ1) is 8.02. The van der Waals surface area contributed by atoms with E-state index in [4.69, 9.17) is 22.1 Å². The highest BCUT2D eigenvalue weighted by Crippen LogP contribution is 2.35. The number of aryl methyl sites for hydroxylation is 1. The first-order valence-electron chi connectivity index (χ1n) is 5.43. The van der Waals surface area contributed by atoms with Gasteiger partial charge < -0.3 is 15.4 Å². The topological polar surface area (TPSA) is 55.6 Å². The van der Waals surface area contributed by atoms with Crippen LogP contribution in [0.25, 0.3) is 0 Å². The van der Waals surface area contributed by atoms with Gasteiger partial charge in [-0.05, 0) is 18.6 Å². The van der Waals surface area contributed by atoms with Crippen molar-refractivity contribution in [1.82, 2.24) is 0 Å². The van der Waals surface area contributed by atoms with Gasteiger partial charge in [-0.1, -0.05) is 11.6 Å². The fourth-order valence-corrected chi connectivity index (χ4v) is 2.14. The van der Waals surface area contributed by atoms with Crippen LogP contribution in [0.2, 0.25) is 5.02 Å². The van der Waals surface area contributed by atoms with Gasteiger partial charge in [-0.2, -0.15) is 0 Å². The second-order valence-corrected chi connectivity index (χ2v) is 4.65. The van der Waals surface area contributed by atoms with Crippen LogP contribution in [0.15, 0.2) is 12.1 Å². The molecule has 1 atom stereocenters. The van der Waals surface area contributed by atoms with Gasteiger partial charge in [-0.15, -0.1) is 0 Å². The van der Waals surface area contributed by atoms with E-state index in [-0.39, 0.29) is 11.9 Å². The number of nitrogens with zero attached hydrogens (tertiary/aromatic N) is 1. The molecule has 1 aromatic carbocycles. The van der Waals surface area contributed by atoms with Crippen LogP contribution in [0.5, 0.6) is 5.75 Å².